The number of carbonyl (C=O) groups is 1. The Labute approximate surface area is 207 Å². The summed E-state index contributed by atoms with van der Waals surface area (Å²) >= 11 is 0. The number of rotatable bonds is 8. The molecule has 1 saturated heterocycles. The van der Waals surface area contributed by atoms with Gasteiger partial charge in [-0.25, -0.2) is 0 Å². The fraction of sp³-hybridized carbons (Fsp3) is 0.367. The zero-order valence-corrected chi connectivity index (χ0v) is 20.5. The van der Waals surface area contributed by atoms with Gasteiger partial charge in [0.2, 0.25) is 0 Å². The summed E-state index contributed by atoms with van der Waals surface area (Å²) in [7, 11) is 1.66. The SMILES string of the molecule is COc1cc(CN(C[C@H]2CCCO2)C(=O)c2ccc(C)cc2)ccc1OC1Cc2ccccc2C1. The zero-order valence-electron chi connectivity index (χ0n) is 20.5. The first-order valence-electron chi connectivity index (χ1n) is 12.5. The van der Waals surface area contributed by atoms with Crippen LogP contribution in [0.15, 0.2) is 66.7 Å². The van der Waals surface area contributed by atoms with Crippen LogP contribution in [0.5, 0.6) is 11.5 Å². The second-order valence-corrected chi connectivity index (χ2v) is 9.59. The van der Waals surface area contributed by atoms with Crippen LogP contribution >= 0.6 is 0 Å². The molecule has 1 fully saturated rings. The number of hydrogen-bond acceptors (Lipinski definition) is 4. The fourth-order valence-corrected chi connectivity index (χ4v) is 5.04. The van der Waals surface area contributed by atoms with Gasteiger partial charge >= 0.3 is 0 Å². The summed E-state index contributed by atoms with van der Waals surface area (Å²) in [5.41, 5.74) is 5.54. The number of aryl methyl sites for hydroxylation is 1. The van der Waals surface area contributed by atoms with Crippen molar-refractivity contribution in [2.45, 2.75) is 51.4 Å². The molecule has 1 aliphatic heterocycles. The highest BCUT2D eigenvalue weighted by molar-refractivity contribution is 5.94. The minimum absolute atomic E-state index is 0.0171. The Bertz CT molecular complexity index is 1140. The van der Waals surface area contributed by atoms with Gasteiger partial charge in [-0.15, -0.1) is 0 Å². The van der Waals surface area contributed by atoms with E-state index in [1.807, 2.05) is 54.3 Å². The van der Waals surface area contributed by atoms with E-state index in [2.05, 4.69) is 24.3 Å². The van der Waals surface area contributed by atoms with Crippen molar-refractivity contribution >= 4 is 5.91 Å². The number of methoxy groups -OCH3 is 1. The van der Waals surface area contributed by atoms with Gasteiger partial charge in [-0.1, -0.05) is 48.0 Å². The molecule has 0 unspecified atom stereocenters. The number of carbonyl (C=O) groups excluding carboxylic acids is 1. The third kappa shape index (κ3) is 5.51. The van der Waals surface area contributed by atoms with Crippen molar-refractivity contribution in [3.63, 3.8) is 0 Å². The van der Waals surface area contributed by atoms with Crippen molar-refractivity contribution in [2.75, 3.05) is 20.3 Å². The number of nitrogens with zero attached hydrogens (tertiary/aromatic N) is 1. The maximum absolute atomic E-state index is 13.4. The molecule has 0 aromatic heterocycles. The average Bonchev–Trinajstić information content (AvgIpc) is 3.54. The molecule has 1 heterocycles. The van der Waals surface area contributed by atoms with Crippen molar-refractivity contribution in [2.24, 2.45) is 0 Å². The van der Waals surface area contributed by atoms with E-state index < -0.39 is 0 Å². The van der Waals surface area contributed by atoms with Gasteiger partial charge in [0.25, 0.3) is 5.91 Å². The summed E-state index contributed by atoms with van der Waals surface area (Å²) in [5.74, 6) is 1.45. The molecule has 1 amide bonds. The van der Waals surface area contributed by atoms with Crippen LogP contribution in [0.25, 0.3) is 0 Å². The highest BCUT2D eigenvalue weighted by Crippen LogP contribution is 2.33. The standard InChI is InChI=1S/C30H33NO4/c1-21-9-12-23(13-10-21)30(32)31(20-26-8-5-15-34-26)19-22-11-14-28(29(16-22)33-2)35-27-17-24-6-3-4-7-25(24)18-27/h3-4,6-7,9-14,16,26-27H,5,8,15,17-20H2,1-2H3/t26-/m1/s1. The molecule has 0 bridgehead atoms. The molecule has 35 heavy (non-hydrogen) atoms. The molecule has 1 atom stereocenters. The van der Waals surface area contributed by atoms with Crippen molar-refractivity contribution in [3.05, 3.63) is 94.5 Å². The molecule has 2 aliphatic rings. The number of hydrogen-bond donors (Lipinski definition) is 0. The van der Waals surface area contributed by atoms with E-state index in [9.17, 15) is 4.79 Å². The Kier molecular flexibility index (Phi) is 7.05. The molecule has 3 aromatic carbocycles. The van der Waals surface area contributed by atoms with Crippen LogP contribution in [0.1, 0.15) is 45.5 Å². The van der Waals surface area contributed by atoms with Crippen LogP contribution in [0, 0.1) is 6.92 Å². The van der Waals surface area contributed by atoms with Crippen molar-refractivity contribution in [1.82, 2.24) is 4.90 Å². The maximum Gasteiger partial charge on any atom is 0.254 e. The van der Waals surface area contributed by atoms with Crippen LogP contribution in [0.3, 0.4) is 0 Å². The van der Waals surface area contributed by atoms with Crippen LogP contribution in [0.4, 0.5) is 0 Å². The molecule has 0 radical (unpaired) electrons. The van der Waals surface area contributed by atoms with E-state index >= 15 is 0 Å². The second-order valence-electron chi connectivity index (χ2n) is 9.59. The topological polar surface area (TPSA) is 48.0 Å². The maximum atomic E-state index is 13.4. The fourth-order valence-electron chi connectivity index (χ4n) is 5.04. The normalized spacial score (nSPS) is 17.3. The lowest BCUT2D eigenvalue weighted by molar-refractivity contribution is 0.0507. The minimum Gasteiger partial charge on any atom is -0.493 e. The first kappa shape index (κ1) is 23.4. The van der Waals surface area contributed by atoms with E-state index in [0.717, 1.165) is 49.2 Å². The summed E-state index contributed by atoms with van der Waals surface area (Å²) in [6, 6.07) is 22.3. The Morgan fingerprint density at radius 1 is 1.00 bits per heavy atom. The average molecular weight is 472 g/mol. The first-order chi connectivity index (χ1) is 17.1. The number of ether oxygens (including phenoxy) is 3. The van der Waals surface area contributed by atoms with Crippen molar-refractivity contribution < 1.29 is 19.0 Å². The Morgan fingerprint density at radius 2 is 1.74 bits per heavy atom. The highest BCUT2D eigenvalue weighted by atomic mass is 16.5. The molecule has 5 rings (SSSR count). The lowest BCUT2D eigenvalue weighted by Crippen LogP contribution is -2.37. The predicted molar refractivity (Wildman–Crippen MR) is 136 cm³/mol. The molecule has 5 heteroatoms. The molecular weight excluding hydrogens is 438 g/mol. The summed E-state index contributed by atoms with van der Waals surface area (Å²) in [6.45, 7) is 3.85. The highest BCUT2D eigenvalue weighted by Gasteiger charge is 2.26. The molecule has 0 saturated carbocycles. The van der Waals surface area contributed by atoms with E-state index in [1.165, 1.54) is 11.1 Å². The van der Waals surface area contributed by atoms with Gasteiger partial charge < -0.3 is 19.1 Å². The molecule has 0 N–H and O–H groups in total. The monoisotopic (exact) mass is 471 g/mol. The number of amides is 1. The Hall–Kier alpha value is -3.31. The largest absolute Gasteiger partial charge is 0.493 e. The number of fused-ring (bicyclic) bond motifs is 1. The predicted octanol–water partition coefficient (Wildman–Crippen LogP) is 5.37. The van der Waals surface area contributed by atoms with Gasteiger partial charge in [-0.3, -0.25) is 4.79 Å². The second kappa shape index (κ2) is 10.5. The lowest BCUT2D eigenvalue weighted by Gasteiger charge is -2.26. The summed E-state index contributed by atoms with van der Waals surface area (Å²) in [5, 5.41) is 0. The van der Waals surface area contributed by atoms with Crippen molar-refractivity contribution in [3.8, 4) is 11.5 Å². The molecular formula is C30H33NO4. The van der Waals surface area contributed by atoms with Gasteiger partial charge in [0.15, 0.2) is 11.5 Å². The van der Waals surface area contributed by atoms with E-state index in [4.69, 9.17) is 14.2 Å². The Balaban J connectivity index is 1.32. The van der Waals surface area contributed by atoms with Crippen LogP contribution in [-0.4, -0.2) is 43.3 Å². The van der Waals surface area contributed by atoms with E-state index in [1.54, 1.807) is 7.11 Å². The van der Waals surface area contributed by atoms with Gasteiger partial charge in [0, 0.05) is 38.1 Å². The number of benzene rings is 3. The summed E-state index contributed by atoms with van der Waals surface area (Å²) < 4.78 is 17.9. The molecule has 1 aliphatic carbocycles. The first-order valence-corrected chi connectivity index (χ1v) is 12.5. The summed E-state index contributed by atoms with van der Waals surface area (Å²) in [4.78, 5) is 15.3. The molecule has 3 aromatic rings. The zero-order chi connectivity index (χ0) is 24.2. The van der Waals surface area contributed by atoms with Gasteiger partial charge in [0.05, 0.1) is 13.2 Å². The van der Waals surface area contributed by atoms with Gasteiger partial charge in [-0.05, 0) is 60.7 Å². The van der Waals surface area contributed by atoms with Crippen molar-refractivity contribution in [1.29, 1.82) is 0 Å². The smallest absolute Gasteiger partial charge is 0.254 e. The third-order valence-corrected chi connectivity index (χ3v) is 6.94. The molecule has 182 valence electrons. The van der Waals surface area contributed by atoms with E-state index in [-0.39, 0.29) is 18.1 Å². The summed E-state index contributed by atoms with van der Waals surface area (Å²) in [6.07, 6.45) is 4.02. The molecule has 5 nitrogen and oxygen atoms in total. The van der Waals surface area contributed by atoms with Gasteiger partial charge in [-0.2, -0.15) is 0 Å². The minimum atomic E-state index is 0.0171. The third-order valence-electron chi connectivity index (χ3n) is 6.94. The van der Waals surface area contributed by atoms with E-state index in [0.29, 0.717) is 24.4 Å². The van der Waals surface area contributed by atoms with Crippen LogP contribution < -0.4 is 9.47 Å². The van der Waals surface area contributed by atoms with Crippen LogP contribution in [0.2, 0.25) is 0 Å². The quantitative estimate of drug-likeness (QED) is 0.443. The Morgan fingerprint density at radius 3 is 2.40 bits per heavy atom. The van der Waals surface area contributed by atoms with Crippen LogP contribution in [-0.2, 0) is 24.1 Å². The molecule has 0 spiro atoms. The lowest BCUT2D eigenvalue weighted by atomic mass is 10.1. The van der Waals surface area contributed by atoms with Gasteiger partial charge in [0.1, 0.15) is 6.10 Å².